The van der Waals surface area contributed by atoms with Crippen molar-refractivity contribution < 1.29 is 4.79 Å². The number of carbonyl (C=O) groups is 1. The molecule has 112 valence electrons. The molecule has 0 aromatic heterocycles. The zero-order valence-corrected chi connectivity index (χ0v) is 12.9. The van der Waals surface area contributed by atoms with Crippen molar-refractivity contribution >= 4 is 5.91 Å². The monoisotopic (exact) mass is 270 g/mol. The lowest BCUT2D eigenvalue weighted by atomic mass is 9.96. The lowest BCUT2D eigenvalue weighted by Crippen LogP contribution is -2.55. The van der Waals surface area contributed by atoms with Crippen molar-refractivity contribution in [3.8, 4) is 0 Å². The second-order valence-corrected chi connectivity index (χ2v) is 5.98. The van der Waals surface area contributed by atoms with Crippen molar-refractivity contribution in [1.29, 1.82) is 0 Å². The van der Waals surface area contributed by atoms with E-state index in [0.29, 0.717) is 6.04 Å². The Morgan fingerprint density at radius 3 is 2.74 bits per heavy atom. The summed E-state index contributed by atoms with van der Waals surface area (Å²) in [7, 11) is 2.17. The van der Waals surface area contributed by atoms with Gasteiger partial charge in [0.1, 0.15) is 0 Å². The van der Waals surface area contributed by atoms with Gasteiger partial charge in [-0.25, -0.2) is 0 Å². The Labute approximate surface area is 117 Å². The molecule has 0 aromatic rings. The number of amides is 1. The molecule has 0 saturated carbocycles. The van der Waals surface area contributed by atoms with Crippen LogP contribution in [0.4, 0.5) is 0 Å². The molecule has 19 heavy (non-hydrogen) atoms. The number of primary amides is 1. The van der Waals surface area contributed by atoms with Crippen molar-refractivity contribution in [3.05, 3.63) is 0 Å². The molecule has 3 N–H and O–H groups in total. The smallest absolute Gasteiger partial charge is 0.237 e. The minimum absolute atomic E-state index is 0.256. The summed E-state index contributed by atoms with van der Waals surface area (Å²) in [4.78, 5) is 16.5. The van der Waals surface area contributed by atoms with Crippen LogP contribution in [0, 0.1) is 0 Å². The number of likely N-dealkylation sites (N-methyl/N-ethyl adjacent to an activating group) is 2. The number of nitrogens with one attached hydrogen (secondary N) is 1. The predicted octanol–water partition coefficient (Wildman–Crippen LogP) is 0.256. The third-order valence-corrected chi connectivity index (χ3v) is 4.19. The molecule has 5 heteroatoms. The number of nitrogens with two attached hydrogens (primary N) is 1. The first-order chi connectivity index (χ1) is 8.89. The molecular weight excluding hydrogens is 240 g/mol. The molecule has 5 nitrogen and oxygen atoms in total. The van der Waals surface area contributed by atoms with E-state index in [4.69, 9.17) is 5.73 Å². The molecule has 1 heterocycles. The fourth-order valence-electron chi connectivity index (χ4n) is 2.81. The van der Waals surface area contributed by atoms with E-state index in [2.05, 4.69) is 29.1 Å². The summed E-state index contributed by atoms with van der Waals surface area (Å²) in [6.45, 7) is 11.2. The summed E-state index contributed by atoms with van der Waals surface area (Å²) in [5, 5.41) is 3.23. The average molecular weight is 270 g/mol. The fourth-order valence-corrected chi connectivity index (χ4v) is 2.81. The van der Waals surface area contributed by atoms with Crippen LogP contribution in [0.2, 0.25) is 0 Å². The van der Waals surface area contributed by atoms with Gasteiger partial charge in [0.15, 0.2) is 0 Å². The molecule has 1 saturated heterocycles. The minimum Gasteiger partial charge on any atom is -0.368 e. The number of rotatable bonds is 6. The molecule has 0 radical (unpaired) electrons. The standard InChI is InChI=1S/C14H30N4O/c1-5-16-14(3,13(15)19)7-10-18-9-6-8-17(4)11-12(18)2/h12,16H,5-11H2,1-4H3,(H2,15,19). The lowest BCUT2D eigenvalue weighted by molar-refractivity contribution is -0.124. The molecule has 0 spiro atoms. The summed E-state index contributed by atoms with van der Waals surface area (Å²) in [5.74, 6) is -0.256. The third kappa shape index (κ3) is 4.75. The van der Waals surface area contributed by atoms with Gasteiger partial charge in [-0.1, -0.05) is 6.92 Å². The van der Waals surface area contributed by atoms with E-state index < -0.39 is 5.54 Å². The third-order valence-electron chi connectivity index (χ3n) is 4.19. The SMILES string of the molecule is CCNC(C)(CCN1CCCN(C)CC1C)C(N)=O. The van der Waals surface area contributed by atoms with Crippen molar-refractivity contribution in [3.63, 3.8) is 0 Å². The minimum atomic E-state index is -0.591. The van der Waals surface area contributed by atoms with Gasteiger partial charge >= 0.3 is 0 Å². The number of nitrogens with zero attached hydrogens (tertiary/aromatic N) is 2. The topological polar surface area (TPSA) is 61.6 Å². The molecule has 0 aliphatic carbocycles. The molecule has 1 aliphatic rings. The zero-order chi connectivity index (χ0) is 14.5. The van der Waals surface area contributed by atoms with Crippen LogP contribution < -0.4 is 11.1 Å². The van der Waals surface area contributed by atoms with E-state index in [1.807, 2.05) is 13.8 Å². The summed E-state index contributed by atoms with van der Waals surface area (Å²) in [6, 6.07) is 0.534. The fraction of sp³-hybridized carbons (Fsp3) is 0.929. The number of hydrogen-bond donors (Lipinski definition) is 2. The Bertz CT molecular complexity index is 297. The Morgan fingerprint density at radius 2 is 2.16 bits per heavy atom. The Balaban J connectivity index is 2.55. The number of carbonyl (C=O) groups excluding carboxylic acids is 1. The van der Waals surface area contributed by atoms with Gasteiger partial charge in [-0.2, -0.15) is 0 Å². The maximum atomic E-state index is 11.6. The highest BCUT2D eigenvalue weighted by atomic mass is 16.1. The maximum absolute atomic E-state index is 11.6. The second kappa shape index (κ2) is 7.22. The second-order valence-electron chi connectivity index (χ2n) is 5.98. The Hall–Kier alpha value is -0.650. The van der Waals surface area contributed by atoms with Crippen molar-refractivity contribution in [1.82, 2.24) is 15.1 Å². The molecule has 1 amide bonds. The van der Waals surface area contributed by atoms with E-state index in [1.54, 1.807) is 0 Å². The normalized spacial score (nSPS) is 25.8. The summed E-state index contributed by atoms with van der Waals surface area (Å²) >= 11 is 0. The Morgan fingerprint density at radius 1 is 1.47 bits per heavy atom. The molecule has 1 aliphatic heterocycles. The van der Waals surface area contributed by atoms with Gasteiger partial charge in [0.2, 0.25) is 5.91 Å². The van der Waals surface area contributed by atoms with E-state index in [0.717, 1.165) is 39.1 Å². The van der Waals surface area contributed by atoms with Gasteiger partial charge in [-0.15, -0.1) is 0 Å². The van der Waals surface area contributed by atoms with Gasteiger partial charge in [0, 0.05) is 19.1 Å². The zero-order valence-electron chi connectivity index (χ0n) is 12.9. The van der Waals surface area contributed by atoms with E-state index in [9.17, 15) is 4.79 Å². The highest BCUT2D eigenvalue weighted by Gasteiger charge is 2.31. The van der Waals surface area contributed by atoms with Crippen LogP contribution in [-0.4, -0.2) is 67.1 Å². The summed E-state index contributed by atoms with van der Waals surface area (Å²) in [6.07, 6.45) is 1.96. The van der Waals surface area contributed by atoms with E-state index in [-0.39, 0.29) is 5.91 Å². The quantitative estimate of drug-likeness (QED) is 0.726. The van der Waals surface area contributed by atoms with Crippen LogP contribution >= 0.6 is 0 Å². The molecule has 0 aromatic carbocycles. The first kappa shape index (κ1) is 16.4. The van der Waals surface area contributed by atoms with Crippen LogP contribution in [0.1, 0.15) is 33.6 Å². The van der Waals surface area contributed by atoms with Crippen molar-refractivity contribution in [2.45, 2.75) is 45.2 Å². The van der Waals surface area contributed by atoms with Crippen molar-refractivity contribution in [2.75, 3.05) is 39.8 Å². The van der Waals surface area contributed by atoms with E-state index >= 15 is 0 Å². The summed E-state index contributed by atoms with van der Waals surface area (Å²) < 4.78 is 0. The molecular formula is C14H30N4O. The van der Waals surface area contributed by atoms with Gasteiger partial charge in [0.25, 0.3) is 0 Å². The van der Waals surface area contributed by atoms with Gasteiger partial charge in [-0.05, 0) is 53.4 Å². The lowest BCUT2D eigenvalue weighted by Gasteiger charge is -2.33. The van der Waals surface area contributed by atoms with Crippen LogP contribution in [0.15, 0.2) is 0 Å². The van der Waals surface area contributed by atoms with E-state index in [1.165, 1.54) is 6.42 Å². The molecule has 1 rings (SSSR count). The maximum Gasteiger partial charge on any atom is 0.237 e. The highest BCUT2D eigenvalue weighted by Crippen LogP contribution is 2.14. The van der Waals surface area contributed by atoms with Crippen LogP contribution in [0.3, 0.4) is 0 Å². The Kier molecular flexibility index (Phi) is 6.23. The van der Waals surface area contributed by atoms with Crippen LogP contribution in [-0.2, 0) is 4.79 Å². The highest BCUT2D eigenvalue weighted by molar-refractivity contribution is 5.84. The predicted molar refractivity (Wildman–Crippen MR) is 79.0 cm³/mol. The van der Waals surface area contributed by atoms with Gasteiger partial charge < -0.3 is 16.0 Å². The molecule has 2 unspecified atom stereocenters. The average Bonchev–Trinajstić information content (AvgIpc) is 2.48. The van der Waals surface area contributed by atoms with Gasteiger partial charge in [-0.3, -0.25) is 9.69 Å². The van der Waals surface area contributed by atoms with Gasteiger partial charge in [0.05, 0.1) is 5.54 Å². The van der Waals surface area contributed by atoms with Crippen LogP contribution in [0.25, 0.3) is 0 Å². The molecule has 1 fully saturated rings. The first-order valence-corrected chi connectivity index (χ1v) is 7.36. The van der Waals surface area contributed by atoms with Crippen LogP contribution in [0.5, 0.6) is 0 Å². The van der Waals surface area contributed by atoms with Crippen molar-refractivity contribution in [2.24, 2.45) is 5.73 Å². The molecule has 2 atom stereocenters. The summed E-state index contributed by atoms with van der Waals surface area (Å²) in [5.41, 5.74) is 4.94. The molecule has 0 bridgehead atoms. The number of hydrogen-bond acceptors (Lipinski definition) is 4. The largest absolute Gasteiger partial charge is 0.368 e. The first-order valence-electron chi connectivity index (χ1n) is 7.36.